The minimum atomic E-state index is 0.486. The first-order valence-corrected chi connectivity index (χ1v) is 7.19. The highest BCUT2D eigenvalue weighted by Crippen LogP contribution is 2.41. The van der Waals surface area contributed by atoms with Crippen LogP contribution in [0, 0.1) is 0 Å². The van der Waals surface area contributed by atoms with Gasteiger partial charge in [0.15, 0.2) is 0 Å². The summed E-state index contributed by atoms with van der Waals surface area (Å²) in [5.41, 5.74) is 4.26. The average Bonchev–Trinajstić information content (AvgIpc) is 2.47. The zero-order chi connectivity index (χ0) is 13.2. The highest BCUT2D eigenvalue weighted by molar-refractivity contribution is 6.30. The van der Waals surface area contributed by atoms with E-state index in [0.717, 1.165) is 5.02 Å². The lowest BCUT2D eigenvalue weighted by Crippen LogP contribution is -2.24. The van der Waals surface area contributed by atoms with E-state index in [2.05, 4.69) is 41.7 Å². The quantitative estimate of drug-likeness (QED) is 0.846. The van der Waals surface area contributed by atoms with Crippen LogP contribution < -0.4 is 5.32 Å². The van der Waals surface area contributed by atoms with Crippen molar-refractivity contribution in [2.24, 2.45) is 0 Å². The summed E-state index contributed by atoms with van der Waals surface area (Å²) in [6, 6.07) is 17.6. The van der Waals surface area contributed by atoms with E-state index in [1.165, 1.54) is 29.5 Å². The minimum Gasteiger partial charge on any atom is -0.313 e. The van der Waals surface area contributed by atoms with Crippen LogP contribution in [0.25, 0.3) is 0 Å². The summed E-state index contributed by atoms with van der Waals surface area (Å²) >= 11 is 5.99. The van der Waals surface area contributed by atoms with Gasteiger partial charge in [0.2, 0.25) is 0 Å². The lowest BCUT2D eigenvalue weighted by Gasteiger charge is -2.31. The molecule has 0 fully saturated rings. The summed E-state index contributed by atoms with van der Waals surface area (Å²) in [7, 11) is 2.05. The molecule has 3 rings (SSSR count). The number of halogens is 1. The smallest absolute Gasteiger partial charge is 0.0406 e. The summed E-state index contributed by atoms with van der Waals surface area (Å²) in [6.07, 6.45) is 2.37. The second-order valence-electron chi connectivity index (χ2n) is 5.15. The zero-order valence-electron chi connectivity index (χ0n) is 11.1. The summed E-state index contributed by atoms with van der Waals surface area (Å²) < 4.78 is 0. The Morgan fingerprint density at radius 3 is 2.32 bits per heavy atom. The van der Waals surface area contributed by atoms with E-state index in [1.807, 2.05) is 19.2 Å². The Hall–Kier alpha value is -1.31. The molecule has 2 heteroatoms. The van der Waals surface area contributed by atoms with Gasteiger partial charge < -0.3 is 5.32 Å². The van der Waals surface area contributed by atoms with Gasteiger partial charge in [0.1, 0.15) is 0 Å². The highest BCUT2D eigenvalue weighted by Gasteiger charge is 2.26. The first-order valence-electron chi connectivity index (χ1n) is 6.81. The van der Waals surface area contributed by atoms with Gasteiger partial charge in [-0.15, -0.1) is 0 Å². The van der Waals surface area contributed by atoms with Crippen molar-refractivity contribution in [3.8, 4) is 0 Å². The van der Waals surface area contributed by atoms with Crippen molar-refractivity contribution in [2.45, 2.75) is 24.8 Å². The third kappa shape index (κ3) is 2.41. The maximum atomic E-state index is 5.99. The van der Waals surface area contributed by atoms with E-state index in [1.54, 1.807) is 0 Å². The van der Waals surface area contributed by atoms with Gasteiger partial charge in [0.05, 0.1) is 0 Å². The fraction of sp³-hybridized carbons (Fsp3) is 0.294. The molecule has 1 aliphatic rings. The van der Waals surface area contributed by atoms with Crippen molar-refractivity contribution in [1.82, 2.24) is 5.32 Å². The Bertz CT molecular complexity index is 562. The van der Waals surface area contributed by atoms with Gasteiger partial charge in [0, 0.05) is 17.0 Å². The molecule has 2 aromatic carbocycles. The molecule has 1 N–H and O–H groups in total. The lowest BCUT2D eigenvalue weighted by atomic mass is 9.77. The van der Waals surface area contributed by atoms with Gasteiger partial charge in [-0.1, -0.05) is 48.0 Å². The third-order valence-corrected chi connectivity index (χ3v) is 4.36. The Labute approximate surface area is 119 Å². The summed E-state index contributed by atoms with van der Waals surface area (Å²) in [5.74, 6) is 0.498. The molecule has 0 amide bonds. The molecule has 0 radical (unpaired) electrons. The monoisotopic (exact) mass is 271 g/mol. The normalized spacial score (nSPS) is 22.0. The summed E-state index contributed by atoms with van der Waals surface area (Å²) in [5, 5.41) is 4.23. The first kappa shape index (κ1) is 12.7. The zero-order valence-corrected chi connectivity index (χ0v) is 11.8. The second-order valence-corrected chi connectivity index (χ2v) is 5.59. The fourth-order valence-electron chi connectivity index (χ4n) is 3.13. The molecule has 1 aliphatic carbocycles. The second kappa shape index (κ2) is 5.36. The Morgan fingerprint density at radius 2 is 1.63 bits per heavy atom. The maximum Gasteiger partial charge on any atom is 0.0406 e. The Kier molecular flexibility index (Phi) is 3.58. The molecule has 98 valence electrons. The van der Waals surface area contributed by atoms with Crippen molar-refractivity contribution >= 4 is 11.6 Å². The molecule has 0 heterocycles. The van der Waals surface area contributed by atoms with Gasteiger partial charge >= 0.3 is 0 Å². The van der Waals surface area contributed by atoms with Gasteiger partial charge in [-0.25, -0.2) is 0 Å². The predicted molar refractivity (Wildman–Crippen MR) is 80.8 cm³/mol. The standard InChI is InChI=1S/C17H18ClN/c1-19-17-11-10-14(12-6-8-13(18)9-7-12)15-4-2-3-5-16(15)17/h2-9,14,17,19H,10-11H2,1H3/t14-,17?/m0/s1. The topological polar surface area (TPSA) is 12.0 Å². The van der Waals surface area contributed by atoms with Crippen molar-refractivity contribution < 1.29 is 0 Å². The van der Waals surface area contributed by atoms with Crippen LogP contribution in [0.2, 0.25) is 5.02 Å². The SMILES string of the molecule is CNC1CC[C@@H](c2ccc(Cl)cc2)c2ccccc21. The molecular formula is C17H18ClN. The molecule has 0 aliphatic heterocycles. The van der Waals surface area contributed by atoms with Gasteiger partial charge in [-0.3, -0.25) is 0 Å². The van der Waals surface area contributed by atoms with E-state index in [4.69, 9.17) is 11.6 Å². The molecule has 1 nitrogen and oxygen atoms in total. The number of rotatable bonds is 2. The van der Waals surface area contributed by atoms with Crippen molar-refractivity contribution in [1.29, 1.82) is 0 Å². The average molecular weight is 272 g/mol. The van der Waals surface area contributed by atoms with E-state index >= 15 is 0 Å². The van der Waals surface area contributed by atoms with Crippen LogP contribution in [-0.2, 0) is 0 Å². The number of hydrogen-bond donors (Lipinski definition) is 1. The van der Waals surface area contributed by atoms with Crippen molar-refractivity contribution in [2.75, 3.05) is 7.05 Å². The molecule has 0 bridgehead atoms. The van der Waals surface area contributed by atoms with E-state index in [0.29, 0.717) is 12.0 Å². The first-order chi connectivity index (χ1) is 9.29. The number of benzene rings is 2. The molecule has 19 heavy (non-hydrogen) atoms. The van der Waals surface area contributed by atoms with Gasteiger partial charge in [0.25, 0.3) is 0 Å². The van der Waals surface area contributed by atoms with Crippen LogP contribution in [0.1, 0.15) is 41.5 Å². The number of fused-ring (bicyclic) bond motifs is 1. The lowest BCUT2D eigenvalue weighted by molar-refractivity contribution is 0.471. The minimum absolute atomic E-state index is 0.486. The van der Waals surface area contributed by atoms with Crippen molar-refractivity contribution in [3.05, 3.63) is 70.2 Å². The fourth-order valence-corrected chi connectivity index (χ4v) is 3.26. The van der Waals surface area contributed by atoms with Crippen LogP contribution in [0.4, 0.5) is 0 Å². The maximum absolute atomic E-state index is 5.99. The van der Waals surface area contributed by atoms with Gasteiger partial charge in [-0.2, -0.15) is 0 Å². The third-order valence-electron chi connectivity index (χ3n) is 4.11. The van der Waals surface area contributed by atoms with E-state index in [9.17, 15) is 0 Å². The molecule has 0 saturated carbocycles. The molecule has 2 aromatic rings. The highest BCUT2D eigenvalue weighted by atomic mass is 35.5. The van der Waals surface area contributed by atoms with Crippen LogP contribution in [0.5, 0.6) is 0 Å². The Morgan fingerprint density at radius 1 is 0.947 bits per heavy atom. The molecule has 0 aromatic heterocycles. The van der Waals surface area contributed by atoms with Crippen LogP contribution in [0.3, 0.4) is 0 Å². The summed E-state index contributed by atoms with van der Waals surface area (Å²) in [4.78, 5) is 0. The number of hydrogen-bond acceptors (Lipinski definition) is 1. The predicted octanol–water partition coefficient (Wildman–Crippen LogP) is 4.53. The van der Waals surface area contributed by atoms with Gasteiger partial charge in [-0.05, 0) is 48.7 Å². The molecule has 1 unspecified atom stereocenters. The van der Waals surface area contributed by atoms with Crippen LogP contribution in [0.15, 0.2) is 48.5 Å². The molecule has 0 saturated heterocycles. The largest absolute Gasteiger partial charge is 0.313 e. The molecule has 2 atom stereocenters. The van der Waals surface area contributed by atoms with E-state index < -0.39 is 0 Å². The van der Waals surface area contributed by atoms with E-state index in [-0.39, 0.29) is 0 Å². The molecular weight excluding hydrogens is 254 g/mol. The number of nitrogens with one attached hydrogen (secondary N) is 1. The van der Waals surface area contributed by atoms with Crippen molar-refractivity contribution in [3.63, 3.8) is 0 Å². The van der Waals surface area contributed by atoms with Crippen LogP contribution >= 0.6 is 11.6 Å². The summed E-state index contributed by atoms with van der Waals surface area (Å²) in [6.45, 7) is 0. The Balaban J connectivity index is 2.02. The van der Waals surface area contributed by atoms with Crippen LogP contribution in [-0.4, -0.2) is 7.05 Å². The molecule has 0 spiro atoms.